The predicted molar refractivity (Wildman–Crippen MR) is 117 cm³/mol. The molecule has 30 heavy (non-hydrogen) atoms. The lowest BCUT2D eigenvalue weighted by atomic mass is 10.1. The summed E-state index contributed by atoms with van der Waals surface area (Å²) in [4.78, 5) is 40.6. The molecule has 7 nitrogen and oxygen atoms in total. The van der Waals surface area contributed by atoms with Crippen molar-refractivity contribution in [1.29, 1.82) is 0 Å². The van der Waals surface area contributed by atoms with E-state index in [4.69, 9.17) is 21.1 Å². The van der Waals surface area contributed by atoms with E-state index < -0.39 is 11.1 Å². The van der Waals surface area contributed by atoms with Crippen molar-refractivity contribution in [2.45, 2.75) is 33.1 Å². The molecule has 0 aliphatic carbocycles. The van der Waals surface area contributed by atoms with Crippen molar-refractivity contribution in [2.24, 2.45) is 0 Å². The molecule has 0 N–H and O–H groups in total. The van der Waals surface area contributed by atoms with Crippen molar-refractivity contribution in [3.8, 4) is 11.5 Å². The van der Waals surface area contributed by atoms with Crippen LogP contribution in [0.2, 0.25) is 5.02 Å². The topological polar surface area (TPSA) is 76.2 Å². The Labute approximate surface area is 185 Å². The molecule has 9 heteroatoms. The fourth-order valence-electron chi connectivity index (χ4n) is 3.38. The summed E-state index contributed by atoms with van der Waals surface area (Å²) in [6, 6.07) is 3.37. The Hall–Kier alpha value is -2.19. The van der Waals surface area contributed by atoms with Gasteiger partial charge in [0.05, 0.1) is 23.1 Å². The van der Waals surface area contributed by atoms with Crippen molar-refractivity contribution < 1.29 is 23.9 Å². The molecular weight excluding hydrogens is 428 g/mol. The number of halogens is 1. The van der Waals surface area contributed by atoms with Crippen LogP contribution in [0.5, 0.6) is 11.5 Å². The number of hydrogen-bond acceptors (Lipinski definition) is 6. The zero-order valence-electron chi connectivity index (χ0n) is 17.1. The maximum absolute atomic E-state index is 12.8. The summed E-state index contributed by atoms with van der Waals surface area (Å²) in [6.45, 7) is 5.68. The van der Waals surface area contributed by atoms with Crippen molar-refractivity contribution in [3.05, 3.63) is 27.6 Å². The molecule has 0 bridgehead atoms. The van der Waals surface area contributed by atoms with Crippen molar-refractivity contribution in [1.82, 2.24) is 9.80 Å². The van der Waals surface area contributed by atoms with Crippen LogP contribution in [0.3, 0.4) is 0 Å². The fraction of sp³-hybridized carbons (Fsp3) is 0.476. The van der Waals surface area contributed by atoms with E-state index in [1.165, 1.54) is 0 Å². The van der Waals surface area contributed by atoms with Gasteiger partial charge in [0.2, 0.25) is 5.91 Å². The highest BCUT2D eigenvalue weighted by Gasteiger charge is 2.37. The van der Waals surface area contributed by atoms with E-state index in [1.807, 2.05) is 13.8 Å². The van der Waals surface area contributed by atoms with Crippen LogP contribution in [0.15, 0.2) is 17.0 Å². The molecule has 3 amide bonds. The maximum atomic E-state index is 12.8. The molecule has 2 fully saturated rings. The van der Waals surface area contributed by atoms with Crippen molar-refractivity contribution in [3.63, 3.8) is 0 Å². The number of ether oxygens (including phenoxy) is 2. The number of nitrogens with zero attached hydrogens (tertiary/aromatic N) is 2. The standard InChI is InChI=1S/C21H25ClN2O5S/c1-3-28-16-11-14(10-15(22)19(16)29-4-2)12-17-20(26)24(21(27)30-17)13-18(25)23-8-6-5-7-9-23/h10-12H,3-9,13H2,1-2H3/b17-12+. The molecule has 1 aromatic rings. The van der Waals surface area contributed by atoms with Crippen LogP contribution in [0.4, 0.5) is 4.79 Å². The second kappa shape index (κ2) is 10.2. The van der Waals surface area contributed by atoms with E-state index in [0.717, 1.165) is 35.9 Å². The van der Waals surface area contributed by atoms with Gasteiger partial charge < -0.3 is 14.4 Å². The van der Waals surface area contributed by atoms with Crippen LogP contribution in [0, 0.1) is 0 Å². The van der Waals surface area contributed by atoms with Gasteiger partial charge in [-0.1, -0.05) is 11.6 Å². The Balaban J connectivity index is 1.78. The van der Waals surface area contributed by atoms with Crippen LogP contribution in [0.1, 0.15) is 38.7 Å². The average Bonchev–Trinajstić information content (AvgIpc) is 2.98. The quantitative estimate of drug-likeness (QED) is 0.577. The fourth-order valence-corrected chi connectivity index (χ4v) is 4.50. The summed E-state index contributed by atoms with van der Waals surface area (Å²) in [5.41, 5.74) is 0.611. The minimum Gasteiger partial charge on any atom is -0.490 e. The normalized spacial score (nSPS) is 18.3. The van der Waals surface area contributed by atoms with E-state index in [2.05, 4.69) is 0 Å². The zero-order chi connectivity index (χ0) is 21.7. The molecule has 3 rings (SSSR count). The molecule has 0 radical (unpaired) electrons. The van der Waals surface area contributed by atoms with Gasteiger partial charge in [-0.05, 0) is 68.6 Å². The van der Waals surface area contributed by atoms with E-state index in [1.54, 1.807) is 23.1 Å². The van der Waals surface area contributed by atoms with Crippen LogP contribution < -0.4 is 9.47 Å². The molecule has 0 spiro atoms. The molecular formula is C21H25ClN2O5S. The summed E-state index contributed by atoms with van der Waals surface area (Å²) >= 11 is 7.15. The number of hydrogen-bond donors (Lipinski definition) is 0. The lowest BCUT2D eigenvalue weighted by Gasteiger charge is -2.27. The van der Waals surface area contributed by atoms with Gasteiger partial charge in [0.15, 0.2) is 11.5 Å². The summed E-state index contributed by atoms with van der Waals surface area (Å²) < 4.78 is 11.2. The van der Waals surface area contributed by atoms with Gasteiger partial charge in [0.1, 0.15) is 6.54 Å². The van der Waals surface area contributed by atoms with Gasteiger partial charge in [-0.2, -0.15) is 0 Å². The Morgan fingerprint density at radius 2 is 1.83 bits per heavy atom. The molecule has 2 aliphatic rings. The molecule has 0 unspecified atom stereocenters. The Morgan fingerprint density at radius 3 is 2.50 bits per heavy atom. The molecule has 162 valence electrons. The van der Waals surface area contributed by atoms with Crippen molar-refractivity contribution >= 4 is 46.5 Å². The largest absolute Gasteiger partial charge is 0.490 e. The number of thioether (sulfide) groups is 1. The first-order valence-corrected chi connectivity index (χ1v) is 11.3. The van der Waals surface area contributed by atoms with E-state index in [-0.39, 0.29) is 17.4 Å². The first kappa shape index (κ1) is 22.5. The smallest absolute Gasteiger partial charge is 0.294 e. The van der Waals surface area contributed by atoms with Gasteiger partial charge in [-0.15, -0.1) is 0 Å². The number of carbonyl (C=O) groups is 3. The molecule has 2 aliphatic heterocycles. The summed E-state index contributed by atoms with van der Waals surface area (Å²) in [5, 5.41) is -0.0905. The van der Waals surface area contributed by atoms with E-state index >= 15 is 0 Å². The van der Waals surface area contributed by atoms with E-state index in [9.17, 15) is 14.4 Å². The molecule has 2 heterocycles. The van der Waals surface area contributed by atoms with Gasteiger partial charge in [0.25, 0.3) is 11.1 Å². The Bertz CT molecular complexity index is 867. The molecule has 0 saturated carbocycles. The first-order valence-electron chi connectivity index (χ1n) is 10.1. The highest BCUT2D eigenvalue weighted by atomic mass is 35.5. The van der Waals surface area contributed by atoms with Crippen molar-refractivity contribution in [2.75, 3.05) is 32.8 Å². The van der Waals surface area contributed by atoms with Crippen LogP contribution >= 0.6 is 23.4 Å². The van der Waals surface area contributed by atoms with Gasteiger partial charge in [0, 0.05) is 13.1 Å². The predicted octanol–water partition coefficient (Wildman–Crippen LogP) is 4.19. The molecule has 0 atom stereocenters. The number of carbonyl (C=O) groups excluding carboxylic acids is 3. The number of rotatable bonds is 7. The second-order valence-electron chi connectivity index (χ2n) is 6.91. The van der Waals surface area contributed by atoms with Crippen LogP contribution in [0.25, 0.3) is 6.08 Å². The average molecular weight is 453 g/mol. The Morgan fingerprint density at radius 1 is 1.13 bits per heavy atom. The number of benzene rings is 1. The third kappa shape index (κ3) is 5.10. The van der Waals surface area contributed by atoms with Crippen LogP contribution in [-0.2, 0) is 9.59 Å². The minimum atomic E-state index is -0.474. The molecule has 1 aromatic carbocycles. The van der Waals surface area contributed by atoms with E-state index in [0.29, 0.717) is 48.4 Å². The summed E-state index contributed by atoms with van der Waals surface area (Å²) in [7, 11) is 0. The third-order valence-corrected chi connectivity index (χ3v) is 5.98. The lowest BCUT2D eigenvalue weighted by molar-refractivity contribution is -0.136. The number of piperidine rings is 1. The molecule has 0 aromatic heterocycles. The monoisotopic (exact) mass is 452 g/mol. The highest BCUT2D eigenvalue weighted by Crippen LogP contribution is 2.39. The second-order valence-corrected chi connectivity index (χ2v) is 8.31. The van der Waals surface area contributed by atoms with Gasteiger partial charge >= 0.3 is 0 Å². The number of amides is 3. The highest BCUT2D eigenvalue weighted by molar-refractivity contribution is 8.18. The Kier molecular flexibility index (Phi) is 7.66. The number of likely N-dealkylation sites (tertiary alicyclic amines) is 1. The van der Waals surface area contributed by atoms with Gasteiger partial charge in [-0.25, -0.2) is 0 Å². The lowest BCUT2D eigenvalue weighted by Crippen LogP contribution is -2.44. The number of imide groups is 1. The maximum Gasteiger partial charge on any atom is 0.294 e. The zero-order valence-corrected chi connectivity index (χ0v) is 18.7. The first-order chi connectivity index (χ1) is 14.4. The molecule has 2 saturated heterocycles. The SMILES string of the molecule is CCOc1cc(/C=C2/SC(=O)N(CC(=O)N3CCCCC3)C2=O)cc(Cl)c1OCC. The summed E-state index contributed by atoms with van der Waals surface area (Å²) in [5.74, 6) is 0.246. The third-order valence-electron chi connectivity index (χ3n) is 4.79. The minimum absolute atomic E-state index is 0.194. The van der Waals surface area contributed by atoms with Gasteiger partial charge in [-0.3, -0.25) is 19.3 Å². The summed E-state index contributed by atoms with van der Waals surface area (Å²) in [6.07, 6.45) is 4.59. The van der Waals surface area contributed by atoms with Crippen LogP contribution in [-0.4, -0.2) is 59.7 Å².